The van der Waals surface area contributed by atoms with Crippen LogP contribution in [0.25, 0.3) is 5.57 Å². The number of allylic oxidation sites excluding steroid dienone is 2. The van der Waals surface area contributed by atoms with Crippen molar-refractivity contribution in [3.63, 3.8) is 0 Å². The number of phenolic OH excluding ortho intramolecular Hbond substituents is 1. The molecule has 1 unspecified atom stereocenters. The van der Waals surface area contributed by atoms with Gasteiger partial charge in [-0.1, -0.05) is 60.7 Å². The highest BCUT2D eigenvalue weighted by atomic mass is 16.3. The van der Waals surface area contributed by atoms with Gasteiger partial charge in [-0.15, -0.1) is 0 Å². The molecular formula is C18H16O2. The van der Waals surface area contributed by atoms with Crippen LogP contribution in [-0.4, -0.2) is 10.2 Å². The first-order chi connectivity index (χ1) is 9.70. The predicted molar refractivity (Wildman–Crippen MR) is 80.2 cm³/mol. The van der Waals surface area contributed by atoms with Crippen LogP contribution in [0.2, 0.25) is 0 Å². The summed E-state index contributed by atoms with van der Waals surface area (Å²) >= 11 is 0. The lowest BCUT2D eigenvalue weighted by atomic mass is 9.77. The Bertz CT molecular complexity index is 654. The number of rotatable bonds is 2. The standard InChI is InChI=1S/C18H16O2/c19-16-11-9-15(10-12-16)18(20)13-5-4-8-17(18)14-6-2-1-3-7-14/h1-12,19-20H,13H2. The number of aromatic hydroxyl groups is 1. The van der Waals surface area contributed by atoms with Gasteiger partial charge in [-0.2, -0.15) is 0 Å². The molecule has 3 rings (SSSR count). The van der Waals surface area contributed by atoms with Gasteiger partial charge in [0.2, 0.25) is 0 Å². The molecule has 100 valence electrons. The molecule has 2 N–H and O–H groups in total. The molecule has 0 bridgehead atoms. The van der Waals surface area contributed by atoms with Crippen molar-refractivity contribution in [1.29, 1.82) is 0 Å². The van der Waals surface area contributed by atoms with E-state index >= 15 is 0 Å². The Balaban J connectivity index is 2.09. The highest BCUT2D eigenvalue weighted by molar-refractivity contribution is 5.76. The number of benzene rings is 2. The van der Waals surface area contributed by atoms with Gasteiger partial charge in [0.15, 0.2) is 0 Å². The zero-order chi connectivity index (χ0) is 14.0. The summed E-state index contributed by atoms with van der Waals surface area (Å²) in [5.74, 6) is 0.203. The van der Waals surface area contributed by atoms with Crippen LogP contribution in [0.3, 0.4) is 0 Å². The van der Waals surface area contributed by atoms with E-state index in [9.17, 15) is 10.2 Å². The fraction of sp³-hybridized carbons (Fsp3) is 0.111. The van der Waals surface area contributed by atoms with Crippen molar-refractivity contribution in [2.75, 3.05) is 0 Å². The Morgan fingerprint density at radius 2 is 1.60 bits per heavy atom. The molecule has 0 saturated carbocycles. The third-order valence-electron chi connectivity index (χ3n) is 3.69. The Hall–Kier alpha value is -2.32. The molecule has 0 fully saturated rings. The Labute approximate surface area is 118 Å². The molecule has 0 aromatic heterocycles. The number of hydrogen-bond donors (Lipinski definition) is 2. The van der Waals surface area contributed by atoms with Crippen molar-refractivity contribution in [3.05, 3.63) is 84.0 Å². The van der Waals surface area contributed by atoms with Crippen molar-refractivity contribution >= 4 is 5.57 Å². The monoisotopic (exact) mass is 264 g/mol. The second-order valence-electron chi connectivity index (χ2n) is 4.99. The topological polar surface area (TPSA) is 40.5 Å². The number of aliphatic hydroxyl groups is 1. The van der Waals surface area contributed by atoms with Crippen LogP contribution in [0.4, 0.5) is 0 Å². The summed E-state index contributed by atoms with van der Waals surface area (Å²) in [6.45, 7) is 0. The third kappa shape index (κ3) is 2.15. The van der Waals surface area contributed by atoms with Gasteiger partial charge in [0.25, 0.3) is 0 Å². The summed E-state index contributed by atoms with van der Waals surface area (Å²) in [6, 6.07) is 16.6. The van der Waals surface area contributed by atoms with Crippen LogP contribution < -0.4 is 0 Å². The Morgan fingerprint density at radius 3 is 2.30 bits per heavy atom. The fourth-order valence-corrected chi connectivity index (χ4v) is 2.61. The van der Waals surface area contributed by atoms with E-state index in [0.717, 1.165) is 16.7 Å². The van der Waals surface area contributed by atoms with Gasteiger partial charge in [0, 0.05) is 6.42 Å². The van der Waals surface area contributed by atoms with Gasteiger partial charge in [0.05, 0.1) is 0 Å². The van der Waals surface area contributed by atoms with E-state index < -0.39 is 5.60 Å². The molecule has 2 heteroatoms. The van der Waals surface area contributed by atoms with Crippen LogP contribution >= 0.6 is 0 Å². The van der Waals surface area contributed by atoms with E-state index in [-0.39, 0.29) is 5.75 Å². The van der Waals surface area contributed by atoms with E-state index in [2.05, 4.69) is 0 Å². The highest BCUT2D eigenvalue weighted by Gasteiger charge is 2.34. The zero-order valence-corrected chi connectivity index (χ0v) is 11.0. The minimum atomic E-state index is -1.05. The molecule has 1 aliphatic carbocycles. The van der Waals surface area contributed by atoms with Crippen molar-refractivity contribution in [1.82, 2.24) is 0 Å². The molecule has 2 nitrogen and oxygen atoms in total. The molecule has 0 amide bonds. The second kappa shape index (κ2) is 4.99. The van der Waals surface area contributed by atoms with Gasteiger partial charge in [-0.3, -0.25) is 0 Å². The van der Waals surface area contributed by atoms with Crippen molar-refractivity contribution < 1.29 is 10.2 Å². The molecule has 2 aromatic rings. The van der Waals surface area contributed by atoms with Crippen molar-refractivity contribution in [2.24, 2.45) is 0 Å². The first-order valence-corrected chi connectivity index (χ1v) is 6.65. The fourth-order valence-electron chi connectivity index (χ4n) is 2.61. The number of phenols is 1. The molecule has 0 saturated heterocycles. The number of hydrogen-bond acceptors (Lipinski definition) is 2. The second-order valence-corrected chi connectivity index (χ2v) is 4.99. The molecule has 1 atom stereocenters. The van der Waals surface area contributed by atoms with E-state index in [4.69, 9.17) is 0 Å². The lowest BCUT2D eigenvalue weighted by molar-refractivity contribution is 0.103. The van der Waals surface area contributed by atoms with Crippen LogP contribution in [0, 0.1) is 0 Å². The first-order valence-electron chi connectivity index (χ1n) is 6.65. The van der Waals surface area contributed by atoms with Crippen molar-refractivity contribution in [2.45, 2.75) is 12.0 Å². The van der Waals surface area contributed by atoms with E-state index in [1.54, 1.807) is 24.3 Å². The third-order valence-corrected chi connectivity index (χ3v) is 3.69. The normalized spacial score (nSPS) is 21.6. The maximum atomic E-state index is 11.1. The Morgan fingerprint density at radius 1 is 0.900 bits per heavy atom. The molecule has 0 spiro atoms. The van der Waals surface area contributed by atoms with Gasteiger partial charge >= 0.3 is 0 Å². The predicted octanol–water partition coefficient (Wildman–Crippen LogP) is 3.62. The molecular weight excluding hydrogens is 248 g/mol. The van der Waals surface area contributed by atoms with E-state index in [1.807, 2.05) is 48.6 Å². The average Bonchev–Trinajstić information content (AvgIpc) is 2.49. The van der Waals surface area contributed by atoms with Crippen LogP contribution in [-0.2, 0) is 5.60 Å². The summed E-state index contributed by atoms with van der Waals surface area (Å²) in [7, 11) is 0. The maximum Gasteiger partial charge on any atom is 0.119 e. The summed E-state index contributed by atoms with van der Waals surface area (Å²) < 4.78 is 0. The first kappa shape index (κ1) is 12.7. The molecule has 0 heterocycles. The van der Waals surface area contributed by atoms with E-state index in [0.29, 0.717) is 6.42 Å². The maximum absolute atomic E-state index is 11.1. The smallest absolute Gasteiger partial charge is 0.119 e. The average molecular weight is 264 g/mol. The minimum Gasteiger partial charge on any atom is -0.508 e. The Kier molecular flexibility index (Phi) is 3.17. The molecule has 20 heavy (non-hydrogen) atoms. The lowest BCUT2D eigenvalue weighted by Crippen LogP contribution is -2.28. The largest absolute Gasteiger partial charge is 0.508 e. The summed E-state index contributed by atoms with van der Waals surface area (Å²) in [6.07, 6.45) is 6.40. The summed E-state index contributed by atoms with van der Waals surface area (Å²) in [4.78, 5) is 0. The SMILES string of the molecule is Oc1ccc(C2(O)CC=CC=C2c2ccccc2)cc1. The quantitative estimate of drug-likeness (QED) is 0.869. The molecule has 0 radical (unpaired) electrons. The van der Waals surface area contributed by atoms with Gasteiger partial charge < -0.3 is 10.2 Å². The van der Waals surface area contributed by atoms with Gasteiger partial charge in [-0.25, -0.2) is 0 Å². The van der Waals surface area contributed by atoms with Gasteiger partial charge in [-0.05, 0) is 28.8 Å². The molecule has 1 aliphatic rings. The van der Waals surface area contributed by atoms with Crippen molar-refractivity contribution in [3.8, 4) is 5.75 Å². The molecule has 0 aliphatic heterocycles. The van der Waals surface area contributed by atoms with Crippen LogP contribution in [0.5, 0.6) is 5.75 Å². The summed E-state index contributed by atoms with van der Waals surface area (Å²) in [5.41, 5.74) is 1.62. The summed E-state index contributed by atoms with van der Waals surface area (Å²) in [5, 5.41) is 20.6. The van der Waals surface area contributed by atoms with Crippen LogP contribution in [0.1, 0.15) is 17.5 Å². The highest BCUT2D eigenvalue weighted by Crippen LogP contribution is 2.41. The minimum absolute atomic E-state index is 0.203. The van der Waals surface area contributed by atoms with Gasteiger partial charge in [0.1, 0.15) is 11.4 Å². The van der Waals surface area contributed by atoms with E-state index in [1.165, 1.54) is 0 Å². The van der Waals surface area contributed by atoms with Crippen LogP contribution in [0.15, 0.2) is 72.8 Å². The lowest BCUT2D eigenvalue weighted by Gasteiger charge is -2.32. The molecule has 2 aromatic carbocycles. The zero-order valence-electron chi connectivity index (χ0n) is 11.0.